The molecule has 1 heterocycles. The fraction of sp³-hybridized carbons (Fsp3) is 0.667. The van der Waals surface area contributed by atoms with E-state index in [4.69, 9.17) is 21.1 Å². The SMILES string of the molecule is C=C(I)C[C@H](Cl)CCC1(C#CBr)OCCCO1. The van der Waals surface area contributed by atoms with Gasteiger partial charge in [-0.25, -0.2) is 0 Å². The van der Waals surface area contributed by atoms with Gasteiger partial charge >= 0.3 is 0 Å². The zero-order valence-electron chi connectivity index (χ0n) is 9.48. The molecular weight excluding hydrogens is 418 g/mol. The zero-order valence-corrected chi connectivity index (χ0v) is 14.0. The second-order valence-corrected chi connectivity index (χ2v) is 6.42. The molecule has 0 aliphatic carbocycles. The molecule has 0 aromatic carbocycles. The van der Waals surface area contributed by atoms with Gasteiger partial charge in [0.05, 0.1) is 13.2 Å². The summed E-state index contributed by atoms with van der Waals surface area (Å²) in [5, 5.41) is 0.0579. The first-order chi connectivity index (χ1) is 8.08. The summed E-state index contributed by atoms with van der Waals surface area (Å²) in [6.07, 6.45) is 3.20. The molecule has 1 atom stereocenters. The van der Waals surface area contributed by atoms with Crippen molar-refractivity contribution in [3.63, 3.8) is 0 Å². The third-order valence-electron chi connectivity index (χ3n) is 2.43. The normalized spacial score (nSPS) is 20.2. The Morgan fingerprint density at radius 1 is 1.53 bits per heavy atom. The van der Waals surface area contributed by atoms with Crippen LogP contribution in [0.1, 0.15) is 25.7 Å². The molecule has 0 unspecified atom stereocenters. The van der Waals surface area contributed by atoms with Gasteiger partial charge in [-0.05, 0) is 56.2 Å². The first-order valence-corrected chi connectivity index (χ1v) is 7.77. The summed E-state index contributed by atoms with van der Waals surface area (Å²) in [4.78, 5) is 2.69. The van der Waals surface area contributed by atoms with Crippen molar-refractivity contribution in [1.82, 2.24) is 0 Å². The molecule has 96 valence electrons. The van der Waals surface area contributed by atoms with E-state index in [9.17, 15) is 0 Å². The van der Waals surface area contributed by atoms with E-state index in [1.54, 1.807) is 0 Å². The van der Waals surface area contributed by atoms with Gasteiger partial charge < -0.3 is 9.47 Å². The van der Waals surface area contributed by atoms with E-state index in [-0.39, 0.29) is 5.38 Å². The second kappa shape index (κ2) is 8.00. The highest BCUT2D eigenvalue weighted by molar-refractivity contribution is 14.1. The number of halogens is 3. The van der Waals surface area contributed by atoms with E-state index in [1.165, 1.54) is 0 Å². The topological polar surface area (TPSA) is 18.5 Å². The number of rotatable bonds is 5. The van der Waals surface area contributed by atoms with E-state index in [0.717, 1.165) is 22.8 Å². The molecule has 17 heavy (non-hydrogen) atoms. The average molecular weight is 434 g/mol. The van der Waals surface area contributed by atoms with Gasteiger partial charge in [0.1, 0.15) is 0 Å². The molecule has 2 nitrogen and oxygen atoms in total. The first kappa shape index (κ1) is 15.8. The lowest BCUT2D eigenvalue weighted by Gasteiger charge is -2.33. The fourth-order valence-electron chi connectivity index (χ4n) is 1.61. The van der Waals surface area contributed by atoms with Crippen molar-refractivity contribution in [2.45, 2.75) is 36.8 Å². The summed E-state index contributed by atoms with van der Waals surface area (Å²) in [6.45, 7) is 5.22. The lowest BCUT2D eigenvalue weighted by atomic mass is 10.1. The molecular formula is C12H15BrClIO2. The minimum atomic E-state index is -0.776. The summed E-state index contributed by atoms with van der Waals surface area (Å²) in [7, 11) is 0. The largest absolute Gasteiger partial charge is 0.340 e. The van der Waals surface area contributed by atoms with Crippen LogP contribution in [-0.4, -0.2) is 24.4 Å². The summed E-state index contributed by atoms with van der Waals surface area (Å²) in [5.74, 6) is 2.17. The molecule has 0 amide bonds. The lowest BCUT2D eigenvalue weighted by molar-refractivity contribution is -0.233. The van der Waals surface area contributed by atoms with Crippen LogP contribution in [0.25, 0.3) is 0 Å². The Morgan fingerprint density at radius 2 is 2.18 bits per heavy atom. The van der Waals surface area contributed by atoms with Crippen LogP contribution >= 0.6 is 50.1 Å². The standard InChI is InChI=1S/C12H15BrClIO2/c1-10(15)9-11(14)3-4-12(5-6-13)16-7-2-8-17-12/h11H,1-4,7-9H2/t11-/m1/s1. The van der Waals surface area contributed by atoms with Crippen LogP contribution in [0.4, 0.5) is 0 Å². The van der Waals surface area contributed by atoms with Gasteiger partial charge in [-0.2, -0.15) is 0 Å². The van der Waals surface area contributed by atoms with Gasteiger partial charge in [0, 0.05) is 27.7 Å². The van der Waals surface area contributed by atoms with Gasteiger partial charge in [-0.1, -0.05) is 6.58 Å². The maximum absolute atomic E-state index is 6.22. The Balaban J connectivity index is 2.48. The fourth-order valence-corrected chi connectivity index (χ4v) is 3.00. The molecule has 1 rings (SSSR count). The van der Waals surface area contributed by atoms with Crippen LogP contribution in [0.15, 0.2) is 10.2 Å². The highest BCUT2D eigenvalue weighted by atomic mass is 127. The average Bonchev–Trinajstić information content (AvgIpc) is 2.27. The minimum Gasteiger partial charge on any atom is -0.340 e. The van der Waals surface area contributed by atoms with Crippen LogP contribution in [0.5, 0.6) is 0 Å². The van der Waals surface area contributed by atoms with E-state index in [1.807, 2.05) is 0 Å². The molecule has 0 saturated carbocycles. The van der Waals surface area contributed by atoms with Gasteiger partial charge in [-0.15, -0.1) is 11.6 Å². The number of alkyl halides is 1. The van der Waals surface area contributed by atoms with E-state index >= 15 is 0 Å². The minimum absolute atomic E-state index is 0.0579. The molecule has 0 N–H and O–H groups in total. The first-order valence-electron chi connectivity index (χ1n) is 5.46. The maximum atomic E-state index is 6.22. The summed E-state index contributed by atoms with van der Waals surface area (Å²) >= 11 is 11.5. The number of hydrogen-bond acceptors (Lipinski definition) is 2. The Kier molecular flexibility index (Phi) is 7.43. The molecule has 1 aliphatic rings. The van der Waals surface area contributed by atoms with Crippen LogP contribution in [-0.2, 0) is 9.47 Å². The quantitative estimate of drug-likeness (QED) is 0.368. The third-order valence-corrected chi connectivity index (χ3v) is 3.44. The van der Waals surface area contributed by atoms with Crippen molar-refractivity contribution in [2.75, 3.05) is 13.2 Å². The van der Waals surface area contributed by atoms with Crippen molar-refractivity contribution < 1.29 is 9.47 Å². The van der Waals surface area contributed by atoms with Crippen molar-refractivity contribution in [1.29, 1.82) is 0 Å². The van der Waals surface area contributed by atoms with E-state index in [2.05, 4.69) is 55.8 Å². The molecule has 1 saturated heterocycles. The Labute approximate surface area is 130 Å². The number of hydrogen-bond donors (Lipinski definition) is 0. The van der Waals surface area contributed by atoms with Gasteiger partial charge in [0.2, 0.25) is 5.79 Å². The summed E-state index contributed by atoms with van der Waals surface area (Å²) in [6, 6.07) is 0. The molecule has 1 fully saturated rings. The smallest absolute Gasteiger partial charge is 0.234 e. The van der Waals surface area contributed by atoms with E-state index in [0.29, 0.717) is 19.6 Å². The molecule has 0 radical (unpaired) electrons. The van der Waals surface area contributed by atoms with Gasteiger partial charge in [0.25, 0.3) is 0 Å². The van der Waals surface area contributed by atoms with Crippen molar-refractivity contribution in [3.8, 4) is 10.8 Å². The Morgan fingerprint density at radius 3 is 2.71 bits per heavy atom. The Bertz CT molecular complexity index is 318. The highest BCUT2D eigenvalue weighted by Gasteiger charge is 2.33. The second-order valence-electron chi connectivity index (χ2n) is 3.88. The number of allylic oxidation sites excluding steroid dienone is 1. The number of ether oxygens (including phenoxy) is 2. The van der Waals surface area contributed by atoms with Crippen molar-refractivity contribution >= 4 is 50.1 Å². The molecule has 0 aromatic heterocycles. The molecule has 1 aliphatic heterocycles. The van der Waals surface area contributed by atoms with Gasteiger partial charge in [0.15, 0.2) is 0 Å². The molecule has 0 bridgehead atoms. The molecule has 5 heteroatoms. The van der Waals surface area contributed by atoms with Crippen molar-refractivity contribution in [2.24, 2.45) is 0 Å². The Hall–Kier alpha value is 0.720. The predicted octanol–water partition coefficient (Wildman–Crippen LogP) is 4.20. The lowest BCUT2D eigenvalue weighted by Crippen LogP contribution is -2.39. The monoisotopic (exact) mass is 432 g/mol. The zero-order chi connectivity index (χ0) is 12.7. The van der Waals surface area contributed by atoms with Crippen LogP contribution in [0.3, 0.4) is 0 Å². The summed E-state index contributed by atoms with van der Waals surface area (Å²) < 4.78 is 12.4. The van der Waals surface area contributed by atoms with E-state index < -0.39 is 5.79 Å². The summed E-state index contributed by atoms with van der Waals surface area (Å²) in [5.41, 5.74) is 0. The van der Waals surface area contributed by atoms with Crippen LogP contribution in [0, 0.1) is 10.8 Å². The molecule has 0 aromatic rings. The van der Waals surface area contributed by atoms with Gasteiger partial charge in [-0.3, -0.25) is 0 Å². The molecule has 0 spiro atoms. The van der Waals surface area contributed by atoms with Crippen molar-refractivity contribution in [3.05, 3.63) is 10.2 Å². The maximum Gasteiger partial charge on any atom is 0.234 e. The van der Waals surface area contributed by atoms with Crippen LogP contribution < -0.4 is 0 Å². The highest BCUT2D eigenvalue weighted by Crippen LogP contribution is 2.28. The predicted molar refractivity (Wildman–Crippen MR) is 82.6 cm³/mol. The van der Waals surface area contributed by atoms with Crippen LogP contribution in [0.2, 0.25) is 0 Å². The third kappa shape index (κ3) is 5.93.